The van der Waals surface area contributed by atoms with E-state index in [1.165, 1.54) is 4.88 Å². The monoisotopic (exact) mass is 504 g/mol. The molecule has 1 saturated heterocycles. The van der Waals surface area contributed by atoms with Crippen LogP contribution in [0.2, 0.25) is 10.0 Å². The van der Waals surface area contributed by atoms with Crippen molar-refractivity contribution in [2.24, 2.45) is 0 Å². The maximum atomic E-state index is 12.7. The van der Waals surface area contributed by atoms with Gasteiger partial charge in [0.25, 0.3) is 0 Å². The van der Waals surface area contributed by atoms with Crippen molar-refractivity contribution in [2.75, 3.05) is 31.1 Å². The van der Waals surface area contributed by atoms with Crippen LogP contribution in [0.25, 0.3) is 10.2 Å². The molecule has 0 bridgehead atoms. The molecule has 0 atom stereocenters. The Labute approximate surface area is 207 Å². The Balaban J connectivity index is 1.23. The van der Waals surface area contributed by atoms with Crippen molar-refractivity contribution in [2.45, 2.75) is 39.0 Å². The van der Waals surface area contributed by atoms with Gasteiger partial charge in [-0.3, -0.25) is 9.59 Å². The van der Waals surface area contributed by atoms with Crippen LogP contribution in [0.15, 0.2) is 30.6 Å². The Bertz CT molecular complexity index is 1160. The second-order valence-corrected chi connectivity index (χ2v) is 10.0. The quantitative estimate of drug-likeness (QED) is 0.292. The van der Waals surface area contributed by atoms with Gasteiger partial charge in [0.05, 0.1) is 15.4 Å². The molecule has 174 valence electrons. The molecular formula is C24H26Cl2N4O2S. The molecule has 1 fully saturated rings. The number of thiophene rings is 1. The predicted octanol–water partition coefficient (Wildman–Crippen LogP) is 5.65. The molecule has 1 aliphatic rings. The van der Waals surface area contributed by atoms with Crippen molar-refractivity contribution in [3.63, 3.8) is 0 Å². The predicted molar refractivity (Wildman–Crippen MR) is 135 cm³/mol. The molecule has 0 radical (unpaired) electrons. The van der Waals surface area contributed by atoms with Gasteiger partial charge in [0.2, 0.25) is 5.91 Å². The maximum Gasteiger partial charge on any atom is 0.222 e. The summed E-state index contributed by atoms with van der Waals surface area (Å²) in [5, 5.41) is 1.92. The molecule has 1 aliphatic heterocycles. The molecular weight excluding hydrogens is 479 g/mol. The Morgan fingerprint density at radius 2 is 1.76 bits per heavy atom. The number of anilines is 1. The van der Waals surface area contributed by atoms with Gasteiger partial charge in [-0.05, 0) is 43.5 Å². The molecule has 4 rings (SSSR count). The number of hydrogen-bond acceptors (Lipinski definition) is 6. The van der Waals surface area contributed by atoms with Gasteiger partial charge in [0.15, 0.2) is 5.78 Å². The van der Waals surface area contributed by atoms with E-state index in [1.54, 1.807) is 35.9 Å². The number of Topliss-reactive ketones (excluding diaryl/α,β-unsaturated/α-hetero) is 1. The summed E-state index contributed by atoms with van der Waals surface area (Å²) < 4.78 is 0. The number of benzene rings is 1. The fourth-order valence-electron chi connectivity index (χ4n) is 4.02. The van der Waals surface area contributed by atoms with E-state index in [-0.39, 0.29) is 11.7 Å². The Kier molecular flexibility index (Phi) is 7.83. The highest BCUT2D eigenvalue weighted by Gasteiger charge is 2.23. The minimum atomic E-state index is 0.0189. The number of aryl methyl sites for hydroxylation is 1. The zero-order chi connectivity index (χ0) is 23.4. The highest BCUT2D eigenvalue weighted by Crippen LogP contribution is 2.31. The topological polar surface area (TPSA) is 66.4 Å². The SMILES string of the molecule is CCc1cc2c(N3CCN(C(=O)CCCCC(=O)c4ccc(Cl)c(Cl)c4)CC3)ncnc2s1. The van der Waals surface area contributed by atoms with Crippen molar-refractivity contribution >= 4 is 62.3 Å². The van der Waals surface area contributed by atoms with Crippen LogP contribution in [0.1, 0.15) is 47.8 Å². The minimum absolute atomic E-state index is 0.0189. The molecule has 9 heteroatoms. The number of aromatic nitrogens is 2. The molecule has 0 spiro atoms. The molecule has 0 unspecified atom stereocenters. The number of unbranched alkanes of at least 4 members (excludes halogenated alkanes) is 1. The van der Waals surface area contributed by atoms with Crippen molar-refractivity contribution in [1.82, 2.24) is 14.9 Å². The molecule has 3 heterocycles. The lowest BCUT2D eigenvalue weighted by atomic mass is 10.0. The minimum Gasteiger partial charge on any atom is -0.352 e. The van der Waals surface area contributed by atoms with E-state index in [2.05, 4.69) is 27.9 Å². The number of hydrogen-bond donors (Lipinski definition) is 0. The van der Waals surface area contributed by atoms with Crippen molar-refractivity contribution in [3.05, 3.63) is 51.1 Å². The van der Waals surface area contributed by atoms with Crippen LogP contribution in [-0.2, 0) is 11.2 Å². The summed E-state index contributed by atoms with van der Waals surface area (Å²) in [6.45, 7) is 5.01. The normalized spacial score (nSPS) is 14.2. The van der Waals surface area contributed by atoms with Crippen molar-refractivity contribution < 1.29 is 9.59 Å². The van der Waals surface area contributed by atoms with Crippen LogP contribution < -0.4 is 4.90 Å². The van der Waals surface area contributed by atoms with E-state index in [9.17, 15) is 9.59 Å². The van der Waals surface area contributed by atoms with Crippen LogP contribution in [-0.4, -0.2) is 52.7 Å². The molecule has 33 heavy (non-hydrogen) atoms. The van der Waals surface area contributed by atoms with Gasteiger partial charge in [0.1, 0.15) is 17.0 Å². The largest absolute Gasteiger partial charge is 0.352 e. The zero-order valence-electron chi connectivity index (χ0n) is 18.5. The third-order valence-corrected chi connectivity index (χ3v) is 7.85. The van der Waals surface area contributed by atoms with E-state index < -0.39 is 0 Å². The summed E-state index contributed by atoms with van der Waals surface area (Å²) in [7, 11) is 0. The summed E-state index contributed by atoms with van der Waals surface area (Å²) in [5.41, 5.74) is 0.558. The number of carbonyl (C=O) groups is 2. The number of nitrogens with zero attached hydrogens (tertiary/aromatic N) is 4. The van der Waals surface area contributed by atoms with Crippen LogP contribution in [0.4, 0.5) is 5.82 Å². The number of amides is 1. The third kappa shape index (κ3) is 5.65. The first-order chi connectivity index (χ1) is 16.0. The lowest BCUT2D eigenvalue weighted by Crippen LogP contribution is -2.49. The van der Waals surface area contributed by atoms with Gasteiger partial charge in [-0.15, -0.1) is 11.3 Å². The number of ketones is 1. The molecule has 6 nitrogen and oxygen atoms in total. The molecule has 0 saturated carbocycles. The average Bonchev–Trinajstić information content (AvgIpc) is 3.27. The second kappa shape index (κ2) is 10.8. The highest BCUT2D eigenvalue weighted by atomic mass is 35.5. The average molecular weight is 505 g/mol. The van der Waals surface area contributed by atoms with E-state index in [4.69, 9.17) is 23.2 Å². The lowest BCUT2D eigenvalue weighted by molar-refractivity contribution is -0.131. The number of rotatable bonds is 8. The van der Waals surface area contributed by atoms with Gasteiger partial charge in [-0.25, -0.2) is 9.97 Å². The summed E-state index contributed by atoms with van der Waals surface area (Å²) >= 11 is 13.6. The fourth-order valence-corrected chi connectivity index (χ4v) is 5.25. The lowest BCUT2D eigenvalue weighted by Gasteiger charge is -2.35. The third-order valence-electron chi connectivity index (χ3n) is 5.93. The van der Waals surface area contributed by atoms with E-state index in [1.807, 2.05) is 4.90 Å². The zero-order valence-corrected chi connectivity index (χ0v) is 20.8. The van der Waals surface area contributed by atoms with Crippen molar-refractivity contribution in [3.8, 4) is 0 Å². The highest BCUT2D eigenvalue weighted by molar-refractivity contribution is 7.18. The van der Waals surface area contributed by atoms with Gasteiger partial charge in [0, 0.05) is 49.5 Å². The number of carbonyl (C=O) groups excluding carboxylic acids is 2. The summed E-state index contributed by atoms with van der Waals surface area (Å²) in [5.74, 6) is 1.13. The second-order valence-electron chi connectivity index (χ2n) is 8.11. The first-order valence-electron chi connectivity index (χ1n) is 11.2. The molecule has 0 N–H and O–H groups in total. The molecule has 2 aromatic heterocycles. The Hall–Kier alpha value is -2.22. The first kappa shape index (κ1) is 23.9. The van der Waals surface area contributed by atoms with Gasteiger partial charge < -0.3 is 9.80 Å². The van der Waals surface area contributed by atoms with Crippen LogP contribution in [0.3, 0.4) is 0 Å². The van der Waals surface area contributed by atoms with E-state index in [0.717, 1.165) is 35.5 Å². The van der Waals surface area contributed by atoms with Gasteiger partial charge in [-0.1, -0.05) is 30.1 Å². The maximum absolute atomic E-state index is 12.7. The molecule has 0 aliphatic carbocycles. The van der Waals surface area contributed by atoms with Crippen LogP contribution in [0.5, 0.6) is 0 Å². The summed E-state index contributed by atoms with van der Waals surface area (Å²) in [4.78, 5) is 40.4. The number of fused-ring (bicyclic) bond motifs is 1. The number of piperazine rings is 1. The van der Waals surface area contributed by atoms with Gasteiger partial charge >= 0.3 is 0 Å². The van der Waals surface area contributed by atoms with E-state index in [0.29, 0.717) is 54.4 Å². The van der Waals surface area contributed by atoms with Crippen LogP contribution >= 0.6 is 34.5 Å². The molecule has 1 aromatic carbocycles. The molecule has 1 amide bonds. The first-order valence-corrected chi connectivity index (χ1v) is 12.8. The summed E-state index contributed by atoms with van der Waals surface area (Å²) in [6, 6.07) is 7.10. The standard InChI is InChI=1S/C24H26Cl2N4O2S/c1-2-17-14-18-23(27-15-28-24(18)33-17)30-11-9-29(10-12-30)22(32)6-4-3-5-21(31)16-7-8-19(25)20(26)13-16/h7-8,13-15H,2-6,9-12H2,1H3. The van der Waals surface area contributed by atoms with Crippen LogP contribution in [0, 0.1) is 0 Å². The Morgan fingerprint density at radius 3 is 2.48 bits per heavy atom. The summed E-state index contributed by atoms with van der Waals surface area (Å²) in [6.07, 6.45) is 4.82. The Morgan fingerprint density at radius 1 is 1.00 bits per heavy atom. The smallest absolute Gasteiger partial charge is 0.222 e. The molecule has 3 aromatic rings. The van der Waals surface area contributed by atoms with Gasteiger partial charge in [-0.2, -0.15) is 0 Å². The fraction of sp³-hybridized carbons (Fsp3) is 0.417. The number of halogens is 2. The van der Waals surface area contributed by atoms with Crippen molar-refractivity contribution in [1.29, 1.82) is 0 Å². The van der Waals surface area contributed by atoms with E-state index >= 15 is 0 Å².